The Morgan fingerprint density at radius 3 is 2.60 bits per heavy atom. The molecule has 0 aliphatic rings. The molecular weight excluding hydrogens is 374 g/mol. The van der Waals surface area contributed by atoms with Gasteiger partial charge in [0.25, 0.3) is 5.91 Å². The molecule has 0 spiro atoms. The first-order chi connectivity index (χ1) is 14.6. The molecule has 3 aromatic heterocycles. The minimum Gasteiger partial charge on any atom is -0.335 e. The van der Waals surface area contributed by atoms with Crippen LogP contribution in [0.2, 0.25) is 0 Å². The van der Waals surface area contributed by atoms with Gasteiger partial charge in [-0.25, -0.2) is 4.98 Å². The van der Waals surface area contributed by atoms with Gasteiger partial charge in [0.1, 0.15) is 0 Å². The lowest BCUT2D eigenvalue weighted by atomic mass is 10.0. The van der Waals surface area contributed by atoms with E-state index in [2.05, 4.69) is 10.1 Å². The number of fused-ring (bicyclic) bond motifs is 1. The molecule has 3 heterocycles. The summed E-state index contributed by atoms with van der Waals surface area (Å²) in [5.74, 6) is -0.00491. The molecule has 0 fully saturated rings. The van der Waals surface area contributed by atoms with Gasteiger partial charge < -0.3 is 4.90 Å². The molecule has 1 aromatic carbocycles. The second kappa shape index (κ2) is 8.45. The highest BCUT2D eigenvalue weighted by Gasteiger charge is 2.20. The molecule has 0 atom stereocenters. The lowest BCUT2D eigenvalue weighted by Gasteiger charge is -2.22. The van der Waals surface area contributed by atoms with E-state index in [1.165, 1.54) is 0 Å². The van der Waals surface area contributed by atoms with Gasteiger partial charge in [0.2, 0.25) is 0 Å². The fourth-order valence-corrected chi connectivity index (χ4v) is 3.54. The van der Waals surface area contributed by atoms with Crippen LogP contribution in [-0.2, 0) is 13.1 Å². The summed E-state index contributed by atoms with van der Waals surface area (Å²) in [4.78, 5) is 24.3. The van der Waals surface area contributed by atoms with E-state index in [4.69, 9.17) is 4.98 Å². The Morgan fingerprint density at radius 1 is 1.10 bits per heavy atom. The van der Waals surface area contributed by atoms with Crippen LogP contribution in [-0.4, -0.2) is 37.1 Å². The standard InChI is InChI=1S/C24H25N5O/c1-4-28(15-18-8-10-25-11-9-18)24(30)21-13-22(19-14-26-29(5-2)16-19)27-23-12-17(3)6-7-20(21)23/h6-14,16H,4-5,15H2,1-3H3. The van der Waals surface area contributed by atoms with Crippen LogP contribution >= 0.6 is 0 Å². The number of aryl methyl sites for hydroxylation is 2. The second-order valence-corrected chi connectivity index (χ2v) is 7.34. The number of hydrogen-bond donors (Lipinski definition) is 0. The summed E-state index contributed by atoms with van der Waals surface area (Å²) in [6.07, 6.45) is 7.27. The third-order valence-electron chi connectivity index (χ3n) is 5.24. The van der Waals surface area contributed by atoms with Gasteiger partial charge in [0.05, 0.1) is 23.0 Å². The lowest BCUT2D eigenvalue weighted by molar-refractivity contribution is 0.0754. The first kappa shape index (κ1) is 19.8. The number of rotatable bonds is 6. The van der Waals surface area contributed by atoms with Gasteiger partial charge in [0.15, 0.2) is 0 Å². The number of nitrogens with zero attached hydrogens (tertiary/aromatic N) is 5. The predicted octanol–water partition coefficient (Wildman–Crippen LogP) is 4.48. The third-order valence-corrected chi connectivity index (χ3v) is 5.24. The van der Waals surface area contributed by atoms with E-state index in [0.717, 1.165) is 39.8 Å². The van der Waals surface area contributed by atoms with E-state index in [9.17, 15) is 4.79 Å². The average molecular weight is 399 g/mol. The van der Waals surface area contributed by atoms with Crippen LogP contribution in [0.3, 0.4) is 0 Å². The highest BCUT2D eigenvalue weighted by molar-refractivity contribution is 6.07. The molecule has 30 heavy (non-hydrogen) atoms. The van der Waals surface area contributed by atoms with E-state index >= 15 is 0 Å². The Kier molecular flexibility index (Phi) is 5.57. The van der Waals surface area contributed by atoms with Crippen molar-refractivity contribution >= 4 is 16.8 Å². The number of pyridine rings is 2. The third kappa shape index (κ3) is 3.94. The lowest BCUT2D eigenvalue weighted by Crippen LogP contribution is -2.30. The number of benzene rings is 1. The van der Waals surface area contributed by atoms with Crippen molar-refractivity contribution in [2.45, 2.75) is 33.9 Å². The number of hydrogen-bond acceptors (Lipinski definition) is 4. The molecule has 0 aliphatic carbocycles. The largest absolute Gasteiger partial charge is 0.335 e. The maximum Gasteiger partial charge on any atom is 0.254 e. The maximum absolute atomic E-state index is 13.6. The Balaban J connectivity index is 1.80. The first-order valence-electron chi connectivity index (χ1n) is 10.2. The summed E-state index contributed by atoms with van der Waals surface area (Å²) in [5.41, 5.74) is 5.32. The summed E-state index contributed by atoms with van der Waals surface area (Å²) in [6, 6.07) is 11.8. The zero-order chi connectivity index (χ0) is 21.1. The Hall–Kier alpha value is -3.54. The van der Waals surface area contributed by atoms with E-state index in [1.54, 1.807) is 18.6 Å². The van der Waals surface area contributed by atoms with E-state index in [1.807, 2.05) is 72.9 Å². The van der Waals surface area contributed by atoms with Crippen molar-refractivity contribution in [3.8, 4) is 11.3 Å². The fourth-order valence-electron chi connectivity index (χ4n) is 3.54. The molecule has 0 saturated carbocycles. The van der Waals surface area contributed by atoms with Gasteiger partial charge >= 0.3 is 0 Å². The Labute approximate surface area is 176 Å². The minimum atomic E-state index is -0.00491. The van der Waals surface area contributed by atoms with Gasteiger partial charge in [-0.2, -0.15) is 5.10 Å². The monoisotopic (exact) mass is 399 g/mol. The van der Waals surface area contributed by atoms with Crippen LogP contribution in [0, 0.1) is 6.92 Å². The van der Waals surface area contributed by atoms with Gasteiger partial charge in [-0.3, -0.25) is 14.5 Å². The van der Waals surface area contributed by atoms with Gasteiger partial charge in [-0.1, -0.05) is 12.1 Å². The molecule has 0 unspecified atom stereocenters. The van der Waals surface area contributed by atoms with Crippen molar-refractivity contribution < 1.29 is 4.79 Å². The molecule has 6 nitrogen and oxygen atoms in total. The van der Waals surface area contributed by atoms with Crippen molar-refractivity contribution in [2.75, 3.05) is 6.54 Å². The summed E-state index contributed by atoms with van der Waals surface area (Å²) < 4.78 is 1.86. The van der Waals surface area contributed by atoms with Gasteiger partial charge in [0, 0.05) is 49.2 Å². The summed E-state index contributed by atoms with van der Waals surface area (Å²) in [7, 11) is 0. The fraction of sp³-hybridized carbons (Fsp3) is 0.250. The van der Waals surface area contributed by atoms with Crippen LogP contribution < -0.4 is 0 Å². The molecule has 152 valence electrons. The van der Waals surface area contributed by atoms with Crippen LogP contribution in [0.5, 0.6) is 0 Å². The normalized spacial score (nSPS) is 11.0. The number of carbonyl (C=O) groups excluding carboxylic acids is 1. The number of aromatic nitrogens is 4. The molecule has 0 aliphatic heterocycles. The van der Waals surface area contributed by atoms with Crippen LogP contribution in [0.4, 0.5) is 0 Å². The highest BCUT2D eigenvalue weighted by Crippen LogP contribution is 2.27. The SMILES string of the molecule is CCN(Cc1ccncc1)C(=O)c1cc(-c2cnn(CC)c2)nc2cc(C)ccc12. The van der Waals surface area contributed by atoms with Crippen molar-refractivity contribution in [2.24, 2.45) is 0 Å². The molecule has 4 rings (SSSR count). The molecule has 1 amide bonds. The Bertz CT molecular complexity index is 1180. The summed E-state index contributed by atoms with van der Waals surface area (Å²) >= 11 is 0. The topological polar surface area (TPSA) is 63.9 Å². The zero-order valence-electron chi connectivity index (χ0n) is 17.5. The number of carbonyl (C=O) groups is 1. The van der Waals surface area contributed by atoms with Crippen molar-refractivity contribution in [3.63, 3.8) is 0 Å². The van der Waals surface area contributed by atoms with Crippen molar-refractivity contribution in [1.29, 1.82) is 0 Å². The second-order valence-electron chi connectivity index (χ2n) is 7.34. The molecule has 0 saturated heterocycles. The van der Waals surface area contributed by atoms with Crippen LogP contribution in [0.15, 0.2) is 61.2 Å². The highest BCUT2D eigenvalue weighted by atomic mass is 16.2. The minimum absolute atomic E-state index is 0.00491. The molecular formula is C24H25N5O. The van der Waals surface area contributed by atoms with Crippen molar-refractivity contribution in [1.82, 2.24) is 24.6 Å². The van der Waals surface area contributed by atoms with E-state index in [0.29, 0.717) is 18.7 Å². The zero-order valence-corrected chi connectivity index (χ0v) is 17.5. The van der Waals surface area contributed by atoms with Crippen LogP contribution in [0.1, 0.15) is 35.3 Å². The number of amides is 1. The molecule has 0 radical (unpaired) electrons. The van der Waals surface area contributed by atoms with Crippen LogP contribution in [0.25, 0.3) is 22.2 Å². The summed E-state index contributed by atoms with van der Waals surface area (Å²) in [6.45, 7) is 8.01. The molecule has 0 N–H and O–H groups in total. The predicted molar refractivity (Wildman–Crippen MR) is 118 cm³/mol. The van der Waals surface area contributed by atoms with E-state index < -0.39 is 0 Å². The molecule has 0 bridgehead atoms. The van der Waals surface area contributed by atoms with Gasteiger partial charge in [-0.05, 0) is 56.2 Å². The van der Waals surface area contributed by atoms with Gasteiger partial charge in [-0.15, -0.1) is 0 Å². The van der Waals surface area contributed by atoms with E-state index in [-0.39, 0.29) is 5.91 Å². The average Bonchev–Trinajstić information content (AvgIpc) is 3.26. The quantitative estimate of drug-likeness (QED) is 0.479. The molecule has 6 heteroatoms. The smallest absolute Gasteiger partial charge is 0.254 e. The molecule has 4 aromatic rings. The summed E-state index contributed by atoms with van der Waals surface area (Å²) in [5, 5.41) is 5.23. The Morgan fingerprint density at radius 2 is 1.90 bits per heavy atom. The maximum atomic E-state index is 13.6. The first-order valence-corrected chi connectivity index (χ1v) is 10.2. The van der Waals surface area contributed by atoms with Crippen molar-refractivity contribution in [3.05, 3.63) is 77.9 Å².